The third kappa shape index (κ3) is 7.12. The molecule has 0 aliphatic heterocycles. The monoisotopic (exact) mass is 540 g/mol. The summed E-state index contributed by atoms with van der Waals surface area (Å²) >= 11 is 12.1. The molecule has 0 radical (unpaired) electrons. The molecule has 9 nitrogen and oxygen atoms in total. The Morgan fingerprint density at radius 1 is 1.03 bits per heavy atom. The van der Waals surface area contributed by atoms with Crippen molar-refractivity contribution in [1.82, 2.24) is 25.2 Å². The number of carbonyl (C=O) groups excluding carboxylic acids is 1. The molecule has 0 saturated carbocycles. The summed E-state index contributed by atoms with van der Waals surface area (Å²) < 4.78 is 11.8. The molecule has 0 unspecified atom stereocenters. The van der Waals surface area contributed by atoms with Crippen LogP contribution in [-0.2, 0) is 6.61 Å². The van der Waals surface area contributed by atoms with E-state index in [0.717, 1.165) is 11.4 Å². The van der Waals surface area contributed by atoms with Crippen LogP contribution in [0.5, 0.6) is 11.5 Å². The number of benzene rings is 2. The Bertz CT molecular complexity index is 1340. The molecule has 2 heterocycles. The van der Waals surface area contributed by atoms with E-state index < -0.39 is 0 Å². The summed E-state index contributed by atoms with van der Waals surface area (Å²) in [6, 6.07) is 16.4. The van der Waals surface area contributed by atoms with Crippen LogP contribution in [0, 0.1) is 0 Å². The second-order valence-electron chi connectivity index (χ2n) is 7.94. The number of anilines is 2. The molecule has 0 saturated heterocycles. The van der Waals surface area contributed by atoms with Gasteiger partial charge in [-0.3, -0.25) is 4.98 Å². The highest BCUT2D eigenvalue weighted by Crippen LogP contribution is 2.34. The topological polar surface area (TPSA) is 102 Å². The van der Waals surface area contributed by atoms with Crippen molar-refractivity contribution < 1.29 is 14.3 Å². The van der Waals surface area contributed by atoms with E-state index in [2.05, 4.69) is 25.6 Å². The number of pyridine rings is 1. The van der Waals surface area contributed by atoms with Crippen LogP contribution in [0.1, 0.15) is 5.69 Å². The van der Waals surface area contributed by atoms with Crippen LogP contribution in [0.2, 0.25) is 5.02 Å². The number of carbonyl (C=O) groups is 1. The number of nitrogens with zero attached hydrogens (tertiary/aromatic N) is 4. The summed E-state index contributed by atoms with van der Waals surface area (Å²) in [5, 5.41) is 7.18. The molecular weight excluding hydrogens is 515 g/mol. The first kappa shape index (κ1) is 26.2. The first-order valence-corrected chi connectivity index (χ1v) is 12.5. The van der Waals surface area contributed by atoms with Crippen molar-refractivity contribution in [3.8, 4) is 11.5 Å². The molecule has 37 heavy (non-hydrogen) atoms. The van der Waals surface area contributed by atoms with Gasteiger partial charge in [-0.25, -0.2) is 14.8 Å². The van der Waals surface area contributed by atoms with Gasteiger partial charge in [0.05, 0.1) is 28.2 Å². The highest BCUT2D eigenvalue weighted by molar-refractivity contribution is 6.32. The summed E-state index contributed by atoms with van der Waals surface area (Å²) in [5.74, 6) is 2.06. The largest absolute Gasteiger partial charge is 0.491 e. The van der Waals surface area contributed by atoms with Gasteiger partial charge in [0, 0.05) is 31.4 Å². The zero-order valence-electron chi connectivity index (χ0n) is 20.2. The first-order chi connectivity index (χ1) is 18.0. The average molecular weight is 541 g/mol. The van der Waals surface area contributed by atoms with E-state index >= 15 is 0 Å². The molecule has 11 heteroatoms. The molecule has 0 aliphatic carbocycles. The Morgan fingerprint density at radius 3 is 2.70 bits per heavy atom. The molecule has 0 bridgehead atoms. The van der Waals surface area contributed by atoms with E-state index in [9.17, 15) is 4.79 Å². The summed E-state index contributed by atoms with van der Waals surface area (Å²) in [7, 11) is 1.69. The number of rotatable bonds is 11. The van der Waals surface area contributed by atoms with Crippen molar-refractivity contribution >= 4 is 51.6 Å². The Labute approximate surface area is 224 Å². The van der Waals surface area contributed by atoms with E-state index in [1.165, 1.54) is 11.2 Å². The number of nitrogens with one attached hydrogen (secondary N) is 2. The van der Waals surface area contributed by atoms with E-state index in [1.54, 1.807) is 25.4 Å². The quantitative estimate of drug-likeness (QED) is 0.250. The van der Waals surface area contributed by atoms with Crippen molar-refractivity contribution in [3.63, 3.8) is 0 Å². The van der Waals surface area contributed by atoms with Crippen molar-refractivity contribution in [2.24, 2.45) is 0 Å². The Balaban J connectivity index is 1.45. The second kappa shape index (κ2) is 12.9. The van der Waals surface area contributed by atoms with Crippen LogP contribution < -0.4 is 20.1 Å². The maximum atomic E-state index is 12.0. The minimum Gasteiger partial charge on any atom is -0.491 e. The number of likely N-dealkylation sites (N-methyl/N-ethyl adjacent to an activating group) is 1. The van der Waals surface area contributed by atoms with Crippen molar-refractivity contribution in [1.29, 1.82) is 0 Å². The molecule has 4 aromatic rings. The van der Waals surface area contributed by atoms with Gasteiger partial charge in [-0.15, -0.1) is 11.6 Å². The summed E-state index contributed by atoms with van der Waals surface area (Å²) in [6.45, 7) is 1.39. The fourth-order valence-electron chi connectivity index (χ4n) is 3.44. The lowest BCUT2D eigenvalue weighted by atomic mass is 10.2. The van der Waals surface area contributed by atoms with Gasteiger partial charge in [-0.05, 0) is 42.5 Å². The lowest BCUT2D eigenvalue weighted by molar-refractivity contribution is 0.196. The van der Waals surface area contributed by atoms with Gasteiger partial charge in [0.15, 0.2) is 0 Å². The molecule has 2 N–H and O–H groups in total. The molecule has 0 aliphatic rings. The second-order valence-corrected chi connectivity index (χ2v) is 8.73. The van der Waals surface area contributed by atoms with E-state index in [-0.39, 0.29) is 12.6 Å². The van der Waals surface area contributed by atoms with Crippen LogP contribution in [0.3, 0.4) is 0 Å². The van der Waals surface area contributed by atoms with Crippen LogP contribution >= 0.6 is 23.2 Å². The third-order valence-electron chi connectivity index (χ3n) is 5.32. The number of ether oxygens (including phenoxy) is 2. The van der Waals surface area contributed by atoms with Gasteiger partial charge >= 0.3 is 6.03 Å². The van der Waals surface area contributed by atoms with Crippen LogP contribution in [0.15, 0.2) is 67.1 Å². The van der Waals surface area contributed by atoms with E-state index in [4.69, 9.17) is 32.7 Å². The fraction of sp³-hybridized carbons (Fsp3) is 0.231. The van der Waals surface area contributed by atoms with Crippen molar-refractivity contribution in [3.05, 3.63) is 77.8 Å². The number of aromatic nitrogens is 3. The smallest absolute Gasteiger partial charge is 0.317 e. The Hall–Kier alpha value is -3.82. The maximum absolute atomic E-state index is 12.0. The normalized spacial score (nSPS) is 10.7. The molecule has 0 fully saturated rings. The van der Waals surface area contributed by atoms with E-state index in [0.29, 0.717) is 58.8 Å². The highest BCUT2D eigenvalue weighted by atomic mass is 35.5. The van der Waals surface area contributed by atoms with Gasteiger partial charge in [0.1, 0.15) is 36.9 Å². The Morgan fingerprint density at radius 2 is 1.92 bits per heavy atom. The van der Waals surface area contributed by atoms with Crippen LogP contribution in [0.4, 0.5) is 16.3 Å². The first-order valence-electron chi connectivity index (χ1n) is 11.6. The predicted octanol–water partition coefficient (Wildman–Crippen LogP) is 5.26. The van der Waals surface area contributed by atoms with Crippen molar-refractivity contribution in [2.75, 3.05) is 37.9 Å². The number of amides is 2. The molecule has 192 valence electrons. The van der Waals surface area contributed by atoms with Crippen molar-refractivity contribution in [2.45, 2.75) is 6.61 Å². The maximum Gasteiger partial charge on any atom is 0.317 e. The SMILES string of the molecule is CN(CCOc1cccc2ncnc(Nc3ccc(OCc4ccccn4)c(Cl)c3)c12)C(=O)NCCCl. The molecule has 0 atom stereocenters. The third-order valence-corrected chi connectivity index (χ3v) is 5.81. The van der Waals surface area contributed by atoms with Gasteiger partial charge in [0.25, 0.3) is 0 Å². The lowest BCUT2D eigenvalue weighted by Crippen LogP contribution is -2.40. The van der Waals surface area contributed by atoms with Gasteiger partial charge in [0.2, 0.25) is 0 Å². The molecular formula is C26H26Cl2N6O3. The van der Waals surface area contributed by atoms with Gasteiger partial charge in [-0.1, -0.05) is 23.7 Å². The summed E-state index contributed by atoms with van der Waals surface area (Å²) in [4.78, 5) is 26.6. The number of hydrogen-bond acceptors (Lipinski definition) is 7. The standard InChI is InChI=1S/C26H26Cl2N6O3/c1-34(26(35)30-12-10-27)13-14-36-23-7-4-6-21-24(23)25(32-17-31-21)33-18-8-9-22(20(28)15-18)37-16-19-5-2-3-11-29-19/h2-9,11,15,17H,10,12-14,16H2,1H3,(H,30,35)(H,31,32,33). The minimum absolute atomic E-state index is 0.211. The van der Waals surface area contributed by atoms with Crippen LogP contribution in [0.25, 0.3) is 10.9 Å². The predicted molar refractivity (Wildman–Crippen MR) is 145 cm³/mol. The number of halogens is 2. The Kier molecular flexibility index (Phi) is 9.18. The minimum atomic E-state index is -0.211. The number of fused-ring (bicyclic) bond motifs is 1. The molecule has 2 aromatic carbocycles. The molecule has 2 aromatic heterocycles. The van der Waals surface area contributed by atoms with Crippen LogP contribution in [-0.4, -0.2) is 58.5 Å². The zero-order valence-corrected chi connectivity index (χ0v) is 21.7. The summed E-state index contributed by atoms with van der Waals surface area (Å²) in [5.41, 5.74) is 2.24. The molecule has 4 rings (SSSR count). The molecule has 0 spiro atoms. The van der Waals surface area contributed by atoms with Gasteiger partial charge < -0.3 is 25.0 Å². The van der Waals surface area contributed by atoms with E-state index in [1.807, 2.05) is 42.5 Å². The number of urea groups is 1. The zero-order chi connectivity index (χ0) is 26.0. The average Bonchev–Trinajstić information content (AvgIpc) is 2.92. The number of alkyl halides is 1. The lowest BCUT2D eigenvalue weighted by Gasteiger charge is -2.18. The number of hydrogen-bond donors (Lipinski definition) is 2. The van der Waals surface area contributed by atoms with Gasteiger partial charge in [-0.2, -0.15) is 0 Å². The summed E-state index contributed by atoms with van der Waals surface area (Å²) in [6.07, 6.45) is 3.20. The molecule has 2 amide bonds. The highest BCUT2D eigenvalue weighted by Gasteiger charge is 2.13. The fourth-order valence-corrected chi connectivity index (χ4v) is 3.77.